The van der Waals surface area contributed by atoms with E-state index in [1.807, 2.05) is 0 Å². The maximum absolute atomic E-state index is 11.7. The summed E-state index contributed by atoms with van der Waals surface area (Å²) in [5.41, 5.74) is 0. The van der Waals surface area contributed by atoms with Crippen molar-refractivity contribution in [3.05, 3.63) is 5.82 Å². The summed E-state index contributed by atoms with van der Waals surface area (Å²) in [6.45, 7) is -0.201. The molecule has 1 aliphatic carbocycles. The lowest BCUT2D eigenvalue weighted by molar-refractivity contribution is 0.419. The Balaban J connectivity index is 1.93. The largest absolute Gasteiger partial charge is 0.335 e. The number of hydrogen-bond acceptors (Lipinski definition) is 4. The highest BCUT2D eigenvalue weighted by atomic mass is 19.1. The summed E-state index contributed by atoms with van der Waals surface area (Å²) in [5.74, 6) is 1.23. The minimum absolute atomic E-state index is 0.228. The Morgan fingerprint density at radius 3 is 3.08 bits per heavy atom. The van der Waals surface area contributed by atoms with Crippen LogP contribution in [0, 0.1) is 0 Å². The molecule has 0 bridgehead atoms. The maximum atomic E-state index is 11.7. The van der Waals surface area contributed by atoms with Crippen molar-refractivity contribution in [2.24, 2.45) is 0 Å². The summed E-state index contributed by atoms with van der Waals surface area (Å²) in [6, 6.07) is 0.328. The van der Waals surface area contributed by atoms with Gasteiger partial charge in [0.25, 0.3) is 0 Å². The van der Waals surface area contributed by atoms with E-state index >= 15 is 0 Å². The number of nitrogens with zero attached hydrogens (tertiary/aromatic N) is 2. The Hall–Kier alpha value is -1.13. The van der Waals surface area contributed by atoms with Crippen LogP contribution in [0.4, 0.5) is 10.4 Å². The predicted octanol–water partition coefficient (Wildman–Crippen LogP) is 1.33. The van der Waals surface area contributed by atoms with Crippen molar-refractivity contribution in [1.29, 1.82) is 0 Å². The number of halogens is 1. The molecule has 1 aromatic rings. The van der Waals surface area contributed by atoms with E-state index in [1.54, 1.807) is 0 Å². The second-order valence-electron chi connectivity index (χ2n) is 2.85. The van der Waals surface area contributed by atoms with Crippen LogP contribution in [0.2, 0.25) is 0 Å². The van der Waals surface area contributed by atoms with Gasteiger partial charge in [-0.15, -0.1) is 0 Å². The number of anilines is 1. The molecule has 66 valence electrons. The van der Waals surface area contributed by atoms with Gasteiger partial charge in [0.2, 0.25) is 0 Å². The molecule has 12 heavy (non-hydrogen) atoms. The average molecular weight is 171 g/mol. The van der Waals surface area contributed by atoms with E-state index < -0.39 is 6.67 Å². The lowest BCUT2D eigenvalue weighted by Crippen LogP contribution is -2.02. The maximum Gasteiger partial charge on any atom is 0.321 e. The van der Waals surface area contributed by atoms with Gasteiger partial charge < -0.3 is 9.84 Å². The lowest BCUT2D eigenvalue weighted by Gasteiger charge is -1.92. The molecule has 0 atom stereocenters. The zero-order valence-electron chi connectivity index (χ0n) is 6.59. The number of hydrogen-bond donors (Lipinski definition) is 1. The van der Waals surface area contributed by atoms with Crippen LogP contribution in [0.15, 0.2) is 4.52 Å². The van der Waals surface area contributed by atoms with E-state index in [2.05, 4.69) is 15.5 Å². The van der Waals surface area contributed by atoms with Crippen molar-refractivity contribution < 1.29 is 8.91 Å². The van der Waals surface area contributed by atoms with Gasteiger partial charge in [-0.3, -0.25) is 0 Å². The minimum atomic E-state index is -0.429. The summed E-state index contributed by atoms with van der Waals surface area (Å²) in [5, 5.41) is 6.44. The zero-order chi connectivity index (χ0) is 8.39. The van der Waals surface area contributed by atoms with Crippen molar-refractivity contribution >= 4 is 6.01 Å². The first-order valence-electron chi connectivity index (χ1n) is 4.03. The van der Waals surface area contributed by atoms with Gasteiger partial charge in [0.05, 0.1) is 0 Å². The molecular formula is C7H10FN3O. The van der Waals surface area contributed by atoms with Crippen LogP contribution in [0.3, 0.4) is 0 Å². The highest BCUT2D eigenvalue weighted by Gasteiger charge is 2.28. The second kappa shape index (κ2) is 3.08. The standard InChI is InChI=1S/C7H10FN3O/c8-3-4-9-7-10-6(11-12-7)5-1-2-5/h5H,1-4H2,(H,9,10,11). The van der Waals surface area contributed by atoms with Crippen molar-refractivity contribution in [1.82, 2.24) is 10.1 Å². The SMILES string of the molecule is FCCNc1nc(C2CC2)no1. The van der Waals surface area contributed by atoms with Crippen molar-refractivity contribution in [2.75, 3.05) is 18.5 Å². The zero-order valence-corrected chi connectivity index (χ0v) is 6.59. The molecule has 1 aromatic heterocycles. The summed E-state index contributed by atoms with van der Waals surface area (Å²) in [7, 11) is 0. The molecular weight excluding hydrogens is 161 g/mol. The molecule has 0 aromatic carbocycles. The first-order chi connectivity index (χ1) is 5.90. The molecule has 4 nitrogen and oxygen atoms in total. The van der Waals surface area contributed by atoms with Gasteiger partial charge in [-0.25, -0.2) is 4.39 Å². The average Bonchev–Trinajstić information content (AvgIpc) is 2.83. The van der Waals surface area contributed by atoms with Crippen LogP contribution in [-0.2, 0) is 0 Å². The Bertz CT molecular complexity index is 259. The minimum Gasteiger partial charge on any atom is -0.335 e. The monoisotopic (exact) mass is 171 g/mol. The fourth-order valence-electron chi connectivity index (χ4n) is 0.968. The molecule has 1 N–H and O–H groups in total. The van der Waals surface area contributed by atoms with E-state index in [0.29, 0.717) is 11.9 Å². The molecule has 1 aliphatic rings. The highest BCUT2D eigenvalue weighted by molar-refractivity contribution is 5.20. The molecule has 0 unspecified atom stereocenters. The third-order valence-corrected chi connectivity index (χ3v) is 1.75. The van der Waals surface area contributed by atoms with E-state index in [1.165, 1.54) is 0 Å². The number of nitrogens with one attached hydrogen (secondary N) is 1. The Morgan fingerprint density at radius 2 is 2.42 bits per heavy atom. The molecule has 1 saturated carbocycles. The highest BCUT2D eigenvalue weighted by Crippen LogP contribution is 2.38. The van der Waals surface area contributed by atoms with Crippen LogP contribution < -0.4 is 5.32 Å². The second-order valence-corrected chi connectivity index (χ2v) is 2.85. The van der Waals surface area contributed by atoms with Gasteiger partial charge in [-0.05, 0) is 12.8 Å². The molecule has 1 fully saturated rings. The topological polar surface area (TPSA) is 51.0 Å². The van der Waals surface area contributed by atoms with Gasteiger partial charge >= 0.3 is 6.01 Å². The van der Waals surface area contributed by atoms with Gasteiger partial charge in [-0.2, -0.15) is 4.98 Å². The summed E-state index contributed by atoms with van der Waals surface area (Å²) in [4.78, 5) is 4.05. The molecule has 5 heteroatoms. The summed E-state index contributed by atoms with van der Waals surface area (Å²) >= 11 is 0. The van der Waals surface area contributed by atoms with E-state index in [9.17, 15) is 4.39 Å². The summed E-state index contributed by atoms with van der Waals surface area (Å²) < 4.78 is 16.5. The van der Waals surface area contributed by atoms with Crippen molar-refractivity contribution in [3.8, 4) is 0 Å². The van der Waals surface area contributed by atoms with Gasteiger partial charge in [0.15, 0.2) is 5.82 Å². The van der Waals surface area contributed by atoms with Crippen molar-refractivity contribution in [2.45, 2.75) is 18.8 Å². The smallest absolute Gasteiger partial charge is 0.321 e. The van der Waals surface area contributed by atoms with E-state index in [0.717, 1.165) is 18.7 Å². The molecule has 2 rings (SSSR count). The first kappa shape index (κ1) is 7.52. The quantitative estimate of drug-likeness (QED) is 0.742. The van der Waals surface area contributed by atoms with E-state index in [4.69, 9.17) is 4.52 Å². The molecule has 0 aliphatic heterocycles. The number of alkyl halides is 1. The van der Waals surface area contributed by atoms with Gasteiger partial charge in [-0.1, -0.05) is 5.16 Å². The Morgan fingerprint density at radius 1 is 1.58 bits per heavy atom. The predicted molar refractivity (Wildman–Crippen MR) is 40.7 cm³/mol. The van der Waals surface area contributed by atoms with Gasteiger partial charge in [0.1, 0.15) is 6.67 Å². The van der Waals surface area contributed by atoms with Crippen LogP contribution in [0.25, 0.3) is 0 Å². The first-order valence-corrected chi connectivity index (χ1v) is 4.03. The molecule has 0 spiro atoms. The molecule has 1 heterocycles. The molecule has 0 radical (unpaired) electrons. The van der Waals surface area contributed by atoms with Crippen LogP contribution in [0.5, 0.6) is 0 Å². The van der Waals surface area contributed by atoms with Gasteiger partial charge in [0, 0.05) is 12.5 Å². The fraction of sp³-hybridized carbons (Fsp3) is 0.714. The number of aromatic nitrogens is 2. The van der Waals surface area contributed by atoms with E-state index in [-0.39, 0.29) is 6.54 Å². The third kappa shape index (κ3) is 1.54. The third-order valence-electron chi connectivity index (χ3n) is 1.75. The van der Waals surface area contributed by atoms with Crippen LogP contribution in [-0.4, -0.2) is 23.4 Å². The lowest BCUT2D eigenvalue weighted by atomic mass is 10.4. The Labute approximate surface area is 69.2 Å². The van der Waals surface area contributed by atoms with Crippen LogP contribution >= 0.6 is 0 Å². The molecule has 0 saturated heterocycles. The number of rotatable bonds is 4. The fourth-order valence-corrected chi connectivity index (χ4v) is 0.968. The Kier molecular flexibility index (Phi) is 1.93. The normalized spacial score (nSPS) is 16.4. The van der Waals surface area contributed by atoms with Crippen molar-refractivity contribution in [3.63, 3.8) is 0 Å². The summed E-state index contributed by atoms with van der Waals surface area (Å²) in [6.07, 6.45) is 2.28. The van der Waals surface area contributed by atoms with Crippen LogP contribution in [0.1, 0.15) is 24.6 Å². The molecule has 0 amide bonds.